The van der Waals surface area contributed by atoms with Gasteiger partial charge in [-0.3, -0.25) is 0 Å². The Morgan fingerprint density at radius 2 is 1.57 bits per heavy atom. The zero-order valence-electron chi connectivity index (χ0n) is 11.9. The Kier molecular flexibility index (Phi) is 7.12. The maximum absolute atomic E-state index is 5.64. The molecule has 0 radical (unpaired) electrons. The van der Waals surface area contributed by atoms with Crippen molar-refractivity contribution in [1.82, 2.24) is 5.32 Å². The van der Waals surface area contributed by atoms with Gasteiger partial charge in [0.15, 0.2) is 0 Å². The molecular weight excluding hydrogens is 330 g/mol. The fourth-order valence-corrected chi connectivity index (χ4v) is 2.20. The highest BCUT2D eigenvalue weighted by atomic mass is 79.9. The van der Waals surface area contributed by atoms with E-state index in [0.29, 0.717) is 6.61 Å². The zero-order valence-corrected chi connectivity index (χ0v) is 13.5. The third kappa shape index (κ3) is 6.65. The molecule has 21 heavy (non-hydrogen) atoms. The van der Waals surface area contributed by atoms with E-state index < -0.39 is 0 Å². The van der Waals surface area contributed by atoms with Crippen molar-refractivity contribution in [2.75, 3.05) is 26.3 Å². The number of hydrogen-bond donors (Lipinski definition) is 1. The van der Waals surface area contributed by atoms with Crippen LogP contribution >= 0.6 is 15.9 Å². The number of benzene rings is 2. The molecule has 0 aliphatic rings. The van der Waals surface area contributed by atoms with Crippen molar-refractivity contribution >= 4 is 15.9 Å². The minimum atomic E-state index is 0.663. The smallest absolute Gasteiger partial charge is 0.120 e. The van der Waals surface area contributed by atoms with Gasteiger partial charge in [0.1, 0.15) is 18.1 Å². The van der Waals surface area contributed by atoms with E-state index >= 15 is 0 Å². The maximum atomic E-state index is 5.64. The molecule has 0 aliphatic heterocycles. The van der Waals surface area contributed by atoms with Crippen LogP contribution in [0.5, 0.6) is 11.5 Å². The molecule has 0 heterocycles. The largest absolute Gasteiger partial charge is 0.494 e. The van der Waals surface area contributed by atoms with Gasteiger partial charge in [0, 0.05) is 11.0 Å². The first-order valence-electron chi connectivity index (χ1n) is 7.11. The lowest BCUT2D eigenvalue weighted by Crippen LogP contribution is -2.23. The first-order chi connectivity index (χ1) is 10.3. The van der Waals surface area contributed by atoms with Crippen molar-refractivity contribution in [1.29, 1.82) is 0 Å². The molecule has 4 heteroatoms. The lowest BCUT2D eigenvalue weighted by atomic mass is 10.3. The molecule has 0 aliphatic carbocycles. The van der Waals surface area contributed by atoms with Crippen LogP contribution in [0.15, 0.2) is 59.1 Å². The number of halogens is 1. The lowest BCUT2D eigenvalue weighted by molar-refractivity contribution is 0.294. The number of rotatable bonds is 9. The lowest BCUT2D eigenvalue weighted by Gasteiger charge is -2.08. The van der Waals surface area contributed by atoms with E-state index in [4.69, 9.17) is 9.47 Å². The highest BCUT2D eigenvalue weighted by Crippen LogP contribution is 2.17. The molecule has 0 unspecified atom stereocenters. The Morgan fingerprint density at radius 3 is 2.38 bits per heavy atom. The summed E-state index contributed by atoms with van der Waals surface area (Å²) < 4.78 is 12.3. The van der Waals surface area contributed by atoms with Crippen molar-refractivity contribution in [3.05, 3.63) is 59.1 Å². The number of para-hydroxylation sites is 1. The molecular formula is C17H20BrNO2. The van der Waals surface area contributed by atoms with Gasteiger partial charge in [-0.25, -0.2) is 0 Å². The van der Waals surface area contributed by atoms with Gasteiger partial charge in [0.2, 0.25) is 0 Å². The minimum absolute atomic E-state index is 0.663. The van der Waals surface area contributed by atoms with E-state index in [9.17, 15) is 0 Å². The Labute approximate surface area is 134 Å². The summed E-state index contributed by atoms with van der Waals surface area (Å²) in [5, 5.41) is 3.34. The second kappa shape index (κ2) is 9.42. The summed E-state index contributed by atoms with van der Waals surface area (Å²) in [4.78, 5) is 0. The summed E-state index contributed by atoms with van der Waals surface area (Å²) in [6.07, 6.45) is 0.978. The van der Waals surface area contributed by atoms with Crippen molar-refractivity contribution in [3.8, 4) is 11.5 Å². The van der Waals surface area contributed by atoms with E-state index in [-0.39, 0.29) is 0 Å². The van der Waals surface area contributed by atoms with Crippen LogP contribution in [-0.4, -0.2) is 26.3 Å². The Hall–Kier alpha value is -1.52. The molecule has 2 aromatic carbocycles. The van der Waals surface area contributed by atoms with Crippen LogP contribution in [0.4, 0.5) is 0 Å². The molecule has 112 valence electrons. The molecule has 2 aromatic rings. The van der Waals surface area contributed by atoms with E-state index in [1.165, 1.54) is 0 Å². The quantitative estimate of drug-likeness (QED) is 0.696. The van der Waals surface area contributed by atoms with E-state index in [0.717, 1.165) is 42.1 Å². The average molecular weight is 350 g/mol. The van der Waals surface area contributed by atoms with Gasteiger partial charge < -0.3 is 14.8 Å². The van der Waals surface area contributed by atoms with Crippen LogP contribution in [0.1, 0.15) is 6.42 Å². The minimum Gasteiger partial charge on any atom is -0.494 e. The van der Waals surface area contributed by atoms with Crippen LogP contribution in [0.3, 0.4) is 0 Å². The molecule has 0 bridgehead atoms. The van der Waals surface area contributed by atoms with Gasteiger partial charge in [-0.2, -0.15) is 0 Å². The molecule has 2 rings (SSSR count). The second-order valence-corrected chi connectivity index (χ2v) is 5.49. The van der Waals surface area contributed by atoms with Gasteiger partial charge in [-0.1, -0.05) is 40.2 Å². The number of hydrogen-bond acceptors (Lipinski definition) is 3. The Balaban J connectivity index is 1.47. The molecule has 0 amide bonds. The summed E-state index contributed by atoms with van der Waals surface area (Å²) in [6.45, 7) is 3.14. The predicted octanol–water partition coefficient (Wildman–Crippen LogP) is 3.89. The predicted molar refractivity (Wildman–Crippen MR) is 89.1 cm³/mol. The monoisotopic (exact) mass is 349 g/mol. The van der Waals surface area contributed by atoms with Gasteiger partial charge in [-0.15, -0.1) is 0 Å². The Bertz CT molecular complexity index is 519. The van der Waals surface area contributed by atoms with Crippen LogP contribution in [0.2, 0.25) is 0 Å². The Morgan fingerprint density at radius 1 is 0.810 bits per heavy atom. The van der Waals surface area contributed by atoms with E-state index in [1.54, 1.807) is 0 Å². The standard InChI is InChI=1S/C17H20BrNO2/c18-15-6-4-9-17(14-15)21-13-11-19-10-5-12-20-16-7-2-1-3-8-16/h1-4,6-9,14,19H,5,10-13H2. The third-order valence-corrected chi connectivity index (χ3v) is 3.35. The maximum Gasteiger partial charge on any atom is 0.120 e. The molecule has 0 saturated heterocycles. The highest BCUT2D eigenvalue weighted by Gasteiger charge is 1.95. The van der Waals surface area contributed by atoms with Crippen LogP contribution in [0.25, 0.3) is 0 Å². The molecule has 0 spiro atoms. The van der Waals surface area contributed by atoms with Crippen molar-refractivity contribution in [3.63, 3.8) is 0 Å². The van der Waals surface area contributed by atoms with Gasteiger partial charge in [0.05, 0.1) is 6.61 Å². The van der Waals surface area contributed by atoms with Crippen molar-refractivity contribution in [2.45, 2.75) is 6.42 Å². The number of nitrogens with one attached hydrogen (secondary N) is 1. The van der Waals surface area contributed by atoms with Gasteiger partial charge in [-0.05, 0) is 43.3 Å². The summed E-state index contributed by atoms with van der Waals surface area (Å²) in [5.41, 5.74) is 0. The molecule has 3 nitrogen and oxygen atoms in total. The summed E-state index contributed by atoms with van der Waals surface area (Å²) in [5.74, 6) is 1.81. The van der Waals surface area contributed by atoms with Crippen LogP contribution < -0.4 is 14.8 Å². The third-order valence-electron chi connectivity index (χ3n) is 2.85. The summed E-state index contributed by atoms with van der Waals surface area (Å²) in [6, 6.07) is 17.8. The summed E-state index contributed by atoms with van der Waals surface area (Å²) in [7, 11) is 0. The van der Waals surface area contributed by atoms with Gasteiger partial charge in [0.25, 0.3) is 0 Å². The highest BCUT2D eigenvalue weighted by molar-refractivity contribution is 9.10. The number of ether oxygens (including phenoxy) is 2. The van der Waals surface area contributed by atoms with Gasteiger partial charge >= 0.3 is 0 Å². The molecule has 0 aromatic heterocycles. The first kappa shape index (κ1) is 15.9. The van der Waals surface area contributed by atoms with Crippen LogP contribution in [0, 0.1) is 0 Å². The fraction of sp³-hybridized carbons (Fsp3) is 0.294. The normalized spacial score (nSPS) is 10.3. The van der Waals surface area contributed by atoms with E-state index in [1.807, 2.05) is 54.6 Å². The first-order valence-corrected chi connectivity index (χ1v) is 7.91. The molecule has 0 atom stereocenters. The SMILES string of the molecule is Brc1cccc(OCCNCCCOc2ccccc2)c1. The second-order valence-electron chi connectivity index (χ2n) is 4.57. The van der Waals surface area contributed by atoms with Crippen LogP contribution in [-0.2, 0) is 0 Å². The average Bonchev–Trinajstić information content (AvgIpc) is 2.51. The topological polar surface area (TPSA) is 30.5 Å². The molecule has 0 fully saturated rings. The fourth-order valence-electron chi connectivity index (χ4n) is 1.83. The van der Waals surface area contributed by atoms with E-state index in [2.05, 4.69) is 21.2 Å². The zero-order chi connectivity index (χ0) is 14.8. The molecule has 1 N–H and O–H groups in total. The summed E-state index contributed by atoms with van der Waals surface area (Å²) >= 11 is 3.42. The molecule has 0 saturated carbocycles. The van der Waals surface area contributed by atoms with Crippen molar-refractivity contribution < 1.29 is 9.47 Å². The van der Waals surface area contributed by atoms with Crippen molar-refractivity contribution in [2.24, 2.45) is 0 Å².